The highest BCUT2D eigenvalue weighted by Crippen LogP contribution is 2.20. The van der Waals surface area contributed by atoms with Crippen molar-refractivity contribution in [2.45, 2.75) is 23.9 Å². The fraction of sp³-hybridized carbons (Fsp3) is 0.167. The van der Waals surface area contributed by atoms with Crippen LogP contribution in [0.2, 0.25) is 0 Å². The molecule has 1 unspecified atom stereocenters. The highest BCUT2D eigenvalue weighted by molar-refractivity contribution is 7.91. The zero-order valence-electron chi connectivity index (χ0n) is 14.4. The number of carbonyl (C=O) groups excluding carboxylic acids is 1. The van der Waals surface area contributed by atoms with E-state index in [0.29, 0.717) is 11.4 Å². The van der Waals surface area contributed by atoms with Crippen molar-refractivity contribution in [1.29, 1.82) is 0 Å². The molecule has 0 saturated heterocycles. The van der Waals surface area contributed by atoms with Crippen LogP contribution in [0.5, 0.6) is 0 Å². The zero-order valence-corrected chi connectivity index (χ0v) is 16.0. The number of nitrogens with one attached hydrogen (secondary N) is 1. The van der Waals surface area contributed by atoms with E-state index in [4.69, 9.17) is 4.74 Å². The molecule has 0 fully saturated rings. The Morgan fingerprint density at radius 1 is 1.11 bits per heavy atom. The van der Waals surface area contributed by atoms with Crippen LogP contribution in [0.15, 0.2) is 65.0 Å². The van der Waals surface area contributed by atoms with E-state index < -0.39 is 22.0 Å². The van der Waals surface area contributed by atoms with Crippen molar-refractivity contribution in [3.63, 3.8) is 0 Å². The summed E-state index contributed by atoms with van der Waals surface area (Å²) in [6, 6.07) is 17.1. The molecule has 1 aromatic heterocycles. The summed E-state index contributed by atoms with van der Waals surface area (Å²) in [6.07, 6.45) is 0. The number of aromatic nitrogens is 2. The number of benzene rings is 2. The molecule has 27 heavy (non-hydrogen) atoms. The Hall–Kier alpha value is -2.62. The molecule has 1 heterocycles. The first kappa shape index (κ1) is 19.2. The first-order chi connectivity index (χ1) is 13.0. The van der Waals surface area contributed by atoms with E-state index in [0.717, 1.165) is 17.1 Å². The summed E-state index contributed by atoms with van der Waals surface area (Å²) >= 11 is 0.752. The molecule has 140 valence electrons. The Balaban J connectivity index is 1.63. The van der Waals surface area contributed by atoms with Crippen LogP contribution in [0.25, 0.3) is 11.4 Å². The second-order valence-corrected chi connectivity index (χ2v) is 8.33. The minimum Gasteiger partial charge on any atom is -0.460 e. The van der Waals surface area contributed by atoms with Gasteiger partial charge in [-0.3, -0.25) is 4.79 Å². The third-order valence-electron chi connectivity index (χ3n) is 3.58. The molecular formula is C18H17N3O4S2. The summed E-state index contributed by atoms with van der Waals surface area (Å²) in [6.45, 7) is 1.49. The average molecular weight is 403 g/mol. The van der Waals surface area contributed by atoms with Gasteiger partial charge in [0.2, 0.25) is 4.34 Å². The number of nitrogens with zero attached hydrogens (tertiary/aromatic N) is 2. The molecule has 0 amide bonds. The normalized spacial score (nSPS) is 12.5. The van der Waals surface area contributed by atoms with Crippen molar-refractivity contribution in [3.8, 4) is 11.4 Å². The maximum Gasteiger partial charge on any atom is 0.324 e. The fourth-order valence-corrected chi connectivity index (χ4v) is 4.16. The zero-order chi connectivity index (χ0) is 19.3. The molecule has 0 aliphatic carbocycles. The van der Waals surface area contributed by atoms with Gasteiger partial charge in [-0.25, -0.2) is 13.4 Å². The molecule has 2 aromatic carbocycles. The van der Waals surface area contributed by atoms with Gasteiger partial charge in [0.25, 0.3) is 10.0 Å². The van der Waals surface area contributed by atoms with Gasteiger partial charge in [-0.05, 0) is 24.0 Å². The molecule has 1 N–H and O–H groups in total. The van der Waals surface area contributed by atoms with Crippen LogP contribution in [0.3, 0.4) is 0 Å². The highest BCUT2D eigenvalue weighted by atomic mass is 32.2. The lowest BCUT2D eigenvalue weighted by Gasteiger charge is -2.12. The minimum absolute atomic E-state index is 0.0721. The van der Waals surface area contributed by atoms with Crippen molar-refractivity contribution in [2.75, 3.05) is 0 Å². The molecule has 9 heteroatoms. The van der Waals surface area contributed by atoms with E-state index in [1.807, 2.05) is 48.5 Å². The Morgan fingerprint density at radius 3 is 2.41 bits per heavy atom. The van der Waals surface area contributed by atoms with Crippen LogP contribution in [-0.4, -0.2) is 29.8 Å². The monoisotopic (exact) mass is 403 g/mol. The number of hydrogen-bond donors (Lipinski definition) is 1. The van der Waals surface area contributed by atoms with Gasteiger partial charge in [0.1, 0.15) is 12.6 Å². The number of sulfonamides is 1. The predicted molar refractivity (Wildman–Crippen MR) is 101 cm³/mol. The number of hydrogen-bond acceptors (Lipinski definition) is 7. The van der Waals surface area contributed by atoms with Crippen LogP contribution < -0.4 is 4.72 Å². The van der Waals surface area contributed by atoms with Gasteiger partial charge in [0, 0.05) is 5.56 Å². The first-order valence-electron chi connectivity index (χ1n) is 8.08. The van der Waals surface area contributed by atoms with Crippen molar-refractivity contribution >= 4 is 27.5 Å². The largest absolute Gasteiger partial charge is 0.460 e. The van der Waals surface area contributed by atoms with Gasteiger partial charge in [-0.15, -0.1) is 0 Å². The van der Waals surface area contributed by atoms with E-state index in [1.165, 1.54) is 6.92 Å². The predicted octanol–water partition coefficient (Wildman–Crippen LogP) is 2.62. The number of esters is 1. The summed E-state index contributed by atoms with van der Waals surface area (Å²) < 4.78 is 36.2. The lowest BCUT2D eigenvalue weighted by molar-refractivity contribution is -0.146. The standard InChI is InChI=1S/C18H17N3O4S2/c1-13(17(22)25-12-14-8-4-2-5-9-14)21-27(23,24)18-19-16(20-26-18)15-10-6-3-7-11-15/h2-11,13,21H,12H2,1H3. The van der Waals surface area contributed by atoms with Crippen LogP contribution in [0.4, 0.5) is 0 Å². The summed E-state index contributed by atoms with van der Waals surface area (Å²) in [5.74, 6) is -0.351. The van der Waals surface area contributed by atoms with Gasteiger partial charge in [-0.2, -0.15) is 9.10 Å². The molecule has 0 radical (unpaired) electrons. The van der Waals surface area contributed by atoms with Crippen LogP contribution in [0, 0.1) is 0 Å². The molecule has 0 saturated carbocycles. The van der Waals surface area contributed by atoms with Crippen molar-refractivity contribution in [1.82, 2.24) is 14.1 Å². The van der Waals surface area contributed by atoms with E-state index >= 15 is 0 Å². The van der Waals surface area contributed by atoms with E-state index in [-0.39, 0.29) is 10.9 Å². The molecule has 0 aliphatic rings. The Bertz CT molecular complexity index is 1010. The summed E-state index contributed by atoms with van der Waals surface area (Å²) in [5, 5.41) is 0. The second-order valence-electron chi connectivity index (χ2n) is 5.69. The molecule has 3 aromatic rings. The fourth-order valence-electron chi connectivity index (χ4n) is 2.21. The summed E-state index contributed by atoms with van der Waals surface area (Å²) in [7, 11) is -3.98. The SMILES string of the molecule is CC(NS(=O)(=O)c1nc(-c2ccccc2)ns1)C(=O)OCc1ccccc1. The van der Waals surface area contributed by atoms with Crippen LogP contribution >= 0.6 is 11.5 Å². The molecule has 7 nitrogen and oxygen atoms in total. The third kappa shape index (κ3) is 4.97. The van der Waals surface area contributed by atoms with Crippen LogP contribution in [-0.2, 0) is 26.2 Å². The number of carbonyl (C=O) groups is 1. The van der Waals surface area contributed by atoms with Gasteiger partial charge in [-0.1, -0.05) is 60.7 Å². The number of ether oxygens (including phenoxy) is 1. The summed E-state index contributed by atoms with van der Waals surface area (Å²) in [4.78, 5) is 16.1. The second kappa shape index (κ2) is 8.38. The Labute approximate surface area is 161 Å². The molecule has 1 atom stereocenters. The lowest BCUT2D eigenvalue weighted by atomic mass is 10.2. The Morgan fingerprint density at radius 2 is 1.74 bits per heavy atom. The molecule has 3 rings (SSSR count). The third-order valence-corrected chi connectivity index (χ3v) is 6.19. The smallest absolute Gasteiger partial charge is 0.324 e. The highest BCUT2D eigenvalue weighted by Gasteiger charge is 2.26. The molecular weight excluding hydrogens is 386 g/mol. The van der Waals surface area contributed by atoms with Crippen molar-refractivity contribution in [2.24, 2.45) is 0 Å². The van der Waals surface area contributed by atoms with Crippen molar-refractivity contribution in [3.05, 3.63) is 66.2 Å². The average Bonchev–Trinajstić information content (AvgIpc) is 3.18. The topological polar surface area (TPSA) is 98.3 Å². The maximum absolute atomic E-state index is 12.5. The van der Waals surface area contributed by atoms with Crippen LogP contribution in [0.1, 0.15) is 12.5 Å². The van der Waals surface area contributed by atoms with Gasteiger partial charge >= 0.3 is 5.97 Å². The van der Waals surface area contributed by atoms with Crippen molar-refractivity contribution < 1.29 is 17.9 Å². The van der Waals surface area contributed by atoms with Gasteiger partial charge in [0.05, 0.1) is 0 Å². The molecule has 0 aliphatic heterocycles. The molecule has 0 bridgehead atoms. The number of rotatable bonds is 7. The van der Waals surface area contributed by atoms with E-state index in [2.05, 4.69) is 14.1 Å². The molecule has 0 spiro atoms. The van der Waals surface area contributed by atoms with E-state index in [9.17, 15) is 13.2 Å². The first-order valence-corrected chi connectivity index (χ1v) is 10.3. The van der Waals surface area contributed by atoms with E-state index in [1.54, 1.807) is 12.1 Å². The minimum atomic E-state index is -3.98. The lowest BCUT2D eigenvalue weighted by Crippen LogP contribution is -2.39. The summed E-state index contributed by atoms with van der Waals surface area (Å²) in [5.41, 5.74) is 1.53. The maximum atomic E-state index is 12.5. The Kier molecular flexibility index (Phi) is 5.94. The van der Waals surface area contributed by atoms with Gasteiger partial charge in [0.15, 0.2) is 5.82 Å². The van der Waals surface area contributed by atoms with Gasteiger partial charge < -0.3 is 4.74 Å². The quantitative estimate of drug-likeness (QED) is 0.609.